The Hall–Kier alpha value is -1.37. The summed E-state index contributed by atoms with van der Waals surface area (Å²) in [7, 11) is -2.98. The van der Waals surface area contributed by atoms with E-state index < -0.39 is 9.84 Å². The molecule has 7 heteroatoms. The lowest BCUT2D eigenvalue weighted by atomic mass is 10.4. The summed E-state index contributed by atoms with van der Waals surface area (Å²) >= 11 is 0. The topological polar surface area (TPSA) is 95.1 Å². The lowest BCUT2D eigenvalue weighted by Crippen LogP contribution is -2.23. The molecule has 0 saturated heterocycles. The first kappa shape index (κ1) is 12.7. The molecule has 0 amide bonds. The minimum absolute atomic E-state index is 0.0714. The summed E-state index contributed by atoms with van der Waals surface area (Å²) in [5.74, 6) is 0.194. The fraction of sp³-hybridized carbons (Fsp3) is 0.556. The molecule has 0 aliphatic rings. The summed E-state index contributed by atoms with van der Waals surface area (Å²) in [5.41, 5.74) is 5.37. The van der Waals surface area contributed by atoms with Crippen LogP contribution in [0, 0.1) is 0 Å². The van der Waals surface area contributed by atoms with E-state index in [-0.39, 0.29) is 17.1 Å². The molecule has 1 rings (SSSR count). The van der Waals surface area contributed by atoms with E-state index in [4.69, 9.17) is 5.73 Å². The highest BCUT2D eigenvalue weighted by atomic mass is 32.2. The van der Waals surface area contributed by atoms with E-state index in [9.17, 15) is 13.2 Å². The number of aryl methyl sites for hydroxylation is 1. The summed E-state index contributed by atoms with van der Waals surface area (Å²) in [5, 5.41) is 3.81. The van der Waals surface area contributed by atoms with Crippen molar-refractivity contribution in [2.75, 3.05) is 17.2 Å². The van der Waals surface area contributed by atoms with Crippen molar-refractivity contribution in [1.29, 1.82) is 0 Å². The maximum Gasteiger partial charge on any atom is 0.268 e. The zero-order chi connectivity index (χ0) is 12.2. The van der Waals surface area contributed by atoms with Gasteiger partial charge in [0.2, 0.25) is 0 Å². The first-order valence-corrected chi connectivity index (χ1v) is 6.80. The van der Waals surface area contributed by atoms with Crippen LogP contribution in [0.25, 0.3) is 0 Å². The highest BCUT2D eigenvalue weighted by molar-refractivity contribution is 7.91. The van der Waals surface area contributed by atoms with Crippen LogP contribution >= 0.6 is 0 Å². The van der Waals surface area contributed by atoms with Crippen molar-refractivity contribution in [2.24, 2.45) is 0 Å². The molecule has 0 unspecified atom stereocenters. The van der Waals surface area contributed by atoms with Crippen LogP contribution in [-0.2, 0) is 16.4 Å². The van der Waals surface area contributed by atoms with Crippen molar-refractivity contribution in [2.45, 2.75) is 19.9 Å². The molecule has 0 aliphatic carbocycles. The summed E-state index contributed by atoms with van der Waals surface area (Å²) in [6, 6.07) is 1.27. The Morgan fingerprint density at radius 3 is 2.75 bits per heavy atom. The number of nitrogens with two attached hydrogens (primary N) is 1. The van der Waals surface area contributed by atoms with Crippen LogP contribution in [0.4, 0.5) is 5.69 Å². The third kappa shape index (κ3) is 3.65. The summed E-state index contributed by atoms with van der Waals surface area (Å²) in [4.78, 5) is 11.3. The molecule has 0 spiro atoms. The minimum atomic E-state index is -2.98. The van der Waals surface area contributed by atoms with Gasteiger partial charge < -0.3 is 5.73 Å². The lowest BCUT2D eigenvalue weighted by Gasteiger charge is -2.04. The maximum absolute atomic E-state index is 11.3. The molecule has 1 heterocycles. The smallest absolute Gasteiger partial charge is 0.268 e. The van der Waals surface area contributed by atoms with Crippen LogP contribution < -0.4 is 11.3 Å². The van der Waals surface area contributed by atoms with E-state index >= 15 is 0 Å². The average Bonchev–Trinajstić information content (AvgIpc) is 2.21. The first-order valence-electron chi connectivity index (χ1n) is 4.97. The van der Waals surface area contributed by atoms with Gasteiger partial charge in [-0.1, -0.05) is 6.92 Å². The molecule has 0 aromatic carbocycles. The number of anilines is 1. The molecule has 0 aliphatic heterocycles. The summed E-state index contributed by atoms with van der Waals surface area (Å²) in [6.45, 7) is 1.89. The van der Waals surface area contributed by atoms with Gasteiger partial charge in [-0.05, 0) is 6.42 Å². The molecule has 6 nitrogen and oxygen atoms in total. The number of nitrogen functional groups attached to an aromatic ring is 1. The van der Waals surface area contributed by atoms with Crippen molar-refractivity contribution >= 4 is 15.5 Å². The van der Waals surface area contributed by atoms with Gasteiger partial charge in [-0.3, -0.25) is 4.79 Å². The maximum atomic E-state index is 11.3. The Morgan fingerprint density at radius 2 is 2.19 bits per heavy atom. The van der Waals surface area contributed by atoms with Crippen molar-refractivity contribution in [3.8, 4) is 0 Å². The van der Waals surface area contributed by atoms with Crippen LogP contribution in [0.5, 0.6) is 0 Å². The number of rotatable bonds is 5. The molecule has 0 atom stereocenters. The van der Waals surface area contributed by atoms with Crippen molar-refractivity contribution < 1.29 is 8.42 Å². The van der Waals surface area contributed by atoms with Crippen LogP contribution in [0.2, 0.25) is 0 Å². The van der Waals surface area contributed by atoms with Crippen LogP contribution in [0.3, 0.4) is 0 Å². The second-order valence-electron chi connectivity index (χ2n) is 3.44. The molecule has 1 aromatic rings. The van der Waals surface area contributed by atoms with Gasteiger partial charge in [0.1, 0.15) is 9.84 Å². The molecule has 0 saturated carbocycles. The van der Waals surface area contributed by atoms with Crippen LogP contribution in [0.15, 0.2) is 17.1 Å². The molecule has 0 bridgehead atoms. The van der Waals surface area contributed by atoms with Crippen molar-refractivity contribution in [3.63, 3.8) is 0 Å². The van der Waals surface area contributed by atoms with E-state index in [0.29, 0.717) is 18.7 Å². The molecule has 2 N–H and O–H groups in total. The van der Waals surface area contributed by atoms with Gasteiger partial charge in [0.25, 0.3) is 5.56 Å². The predicted octanol–water partition coefficient (Wildman–Crippen LogP) is -0.350. The van der Waals surface area contributed by atoms with Crippen molar-refractivity contribution in [1.82, 2.24) is 9.78 Å². The zero-order valence-electron chi connectivity index (χ0n) is 9.09. The number of aromatic nitrogens is 2. The normalized spacial score (nSPS) is 11.6. The van der Waals surface area contributed by atoms with E-state index in [1.54, 1.807) is 6.92 Å². The summed E-state index contributed by atoms with van der Waals surface area (Å²) < 4.78 is 23.6. The standard InChI is InChI=1S/C9H15N3O3S/c1-2-16(14,15)5-3-4-12-9(13)6-8(10)7-11-12/h6-7H,2-5,10H2,1H3. The molecular formula is C9H15N3O3S. The van der Waals surface area contributed by atoms with E-state index in [2.05, 4.69) is 5.10 Å². The second kappa shape index (κ2) is 5.11. The molecule has 1 aromatic heterocycles. The Morgan fingerprint density at radius 1 is 1.50 bits per heavy atom. The van der Waals surface area contributed by atoms with Gasteiger partial charge in [-0.2, -0.15) is 5.10 Å². The Balaban J connectivity index is 2.60. The first-order chi connectivity index (χ1) is 7.44. The number of hydrogen-bond acceptors (Lipinski definition) is 5. The average molecular weight is 245 g/mol. The van der Waals surface area contributed by atoms with Gasteiger partial charge in [0.15, 0.2) is 0 Å². The number of hydrogen-bond donors (Lipinski definition) is 1. The van der Waals surface area contributed by atoms with Crippen LogP contribution in [0.1, 0.15) is 13.3 Å². The lowest BCUT2D eigenvalue weighted by molar-refractivity contribution is 0.555. The number of nitrogens with zero attached hydrogens (tertiary/aromatic N) is 2. The highest BCUT2D eigenvalue weighted by Gasteiger charge is 2.07. The molecule has 90 valence electrons. The Labute approximate surface area is 94.0 Å². The summed E-state index contributed by atoms with van der Waals surface area (Å²) in [6.07, 6.45) is 1.75. The van der Waals surface area contributed by atoms with Gasteiger partial charge in [-0.25, -0.2) is 13.1 Å². The highest BCUT2D eigenvalue weighted by Crippen LogP contribution is 1.96. The fourth-order valence-corrected chi connectivity index (χ4v) is 2.05. The minimum Gasteiger partial charge on any atom is -0.397 e. The monoisotopic (exact) mass is 245 g/mol. The molecule has 0 radical (unpaired) electrons. The third-order valence-corrected chi connectivity index (χ3v) is 3.95. The Bertz CT molecular complexity index is 507. The number of sulfone groups is 1. The quantitative estimate of drug-likeness (QED) is 0.765. The molecule has 16 heavy (non-hydrogen) atoms. The van der Waals surface area contributed by atoms with Crippen LogP contribution in [-0.4, -0.2) is 29.7 Å². The van der Waals surface area contributed by atoms with Crippen molar-refractivity contribution in [3.05, 3.63) is 22.6 Å². The Kier molecular flexibility index (Phi) is 4.05. The fourth-order valence-electron chi connectivity index (χ4n) is 1.19. The van der Waals surface area contributed by atoms with Gasteiger partial charge in [-0.15, -0.1) is 0 Å². The van der Waals surface area contributed by atoms with Gasteiger partial charge >= 0.3 is 0 Å². The third-order valence-electron chi connectivity index (χ3n) is 2.16. The molecule has 0 fully saturated rings. The molecular weight excluding hydrogens is 230 g/mol. The van der Waals surface area contributed by atoms with E-state index in [1.165, 1.54) is 16.9 Å². The van der Waals surface area contributed by atoms with Gasteiger partial charge in [0, 0.05) is 18.4 Å². The predicted molar refractivity (Wildman–Crippen MR) is 61.9 cm³/mol. The van der Waals surface area contributed by atoms with E-state index in [1.807, 2.05) is 0 Å². The largest absolute Gasteiger partial charge is 0.397 e. The van der Waals surface area contributed by atoms with Gasteiger partial charge in [0.05, 0.1) is 17.6 Å². The SMILES string of the molecule is CCS(=O)(=O)CCCn1ncc(N)cc1=O. The van der Waals surface area contributed by atoms with E-state index in [0.717, 1.165) is 0 Å². The zero-order valence-corrected chi connectivity index (χ0v) is 9.90. The second-order valence-corrected chi connectivity index (χ2v) is 5.91.